The molecule has 154 valence electrons. The molecule has 0 radical (unpaired) electrons. The number of piperazine rings is 1. The smallest absolute Gasteiger partial charge is 0.257 e. The van der Waals surface area contributed by atoms with Crippen molar-refractivity contribution in [1.29, 1.82) is 0 Å². The van der Waals surface area contributed by atoms with Gasteiger partial charge in [-0.25, -0.2) is 0 Å². The predicted molar refractivity (Wildman–Crippen MR) is 126 cm³/mol. The Labute approximate surface area is 190 Å². The number of amides is 1. The van der Waals surface area contributed by atoms with E-state index in [9.17, 15) is 4.79 Å². The van der Waals surface area contributed by atoms with Crippen LogP contribution in [0.3, 0.4) is 0 Å². The number of benzene rings is 2. The lowest BCUT2D eigenvalue weighted by Gasteiger charge is -2.36. The quantitative estimate of drug-likeness (QED) is 0.620. The van der Waals surface area contributed by atoms with Crippen LogP contribution >= 0.6 is 47.0 Å². The third-order valence-corrected chi connectivity index (χ3v) is 6.02. The highest BCUT2D eigenvalue weighted by Gasteiger charge is 2.18. The Morgan fingerprint density at radius 1 is 1.00 bits per heavy atom. The lowest BCUT2D eigenvalue weighted by Crippen LogP contribution is -2.46. The summed E-state index contributed by atoms with van der Waals surface area (Å²) in [4.78, 5) is 17.0. The summed E-state index contributed by atoms with van der Waals surface area (Å²) in [5, 5.41) is 7.10. The summed E-state index contributed by atoms with van der Waals surface area (Å²) in [5.74, 6) is -0.377. The number of carbonyl (C=O) groups excluding carboxylic acids is 1. The number of nitrogens with one attached hydrogen (secondary N) is 2. The summed E-state index contributed by atoms with van der Waals surface area (Å²) in [6, 6.07) is 10.3. The number of anilines is 2. The zero-order chi connectivity index (χ0) is 21.0. The Hall–Kier alpha value is -1.57. The lowest BCUT2D eigenvalue weighted by atomic mass is 10.2. The molecule has 5 nitrogen and oxygen atoms in total. The van der Waals surface area contributed by atoms with Crippen LogP contribution in [0, 0.1) is 0 Å². The van der Waals surface area contributed by atoms with Gasteiger partial charge in [0.1, 0.15) is 0 Å². The van der Waals surface area contributed by atoms with Gasteiger partial charge >= 0.3 is 0 Å². The molecule has 1 heterocycles. The van der Waals surface area contributed by atoms with Crippen molar-refractivity contribution in [2.75, 3.05) is 42.9 Å². The monoisotopic (exact) mass is 470 g/mol. The highest BCUT2D eigenvalue weighted by molar-refractivity contribution is 7.80. The summed E-state index contributed by atoms with van der Waals surface area (Å²) >= 11 is 23.6. The Bertz CT molecular complexity index is 917. The van der Waals surface area contributed by atoms with Crippen molar-refractivity contribution in [2.24, 2.45) is 0 Å². The van der Waals surface area contributed by atoms with Crippen LogP contribution in [-0.2, 0) is 0 Å². The van der Waals surface area contributed by atoms with Crippen LogP contribution in [-0.4, -0.2) is 48.6 Å². The third-order valence-electron chi connectivity index (χ3n) is 4.77. The first-order chi connectivity index (χ1) is 13.9. The number of likely N-dealkylation sites (N-methyl/N-ethyl adjacent to an activating group) is 1. The van der Waals surface area contributed by atoms with Crippen LogP contribution in [0.1, 0.15) is 17.3 Å². The zero-order valence-corrected chi connectivity index (χ0v) is 18.9. The fraction of sp³-hybridized carbons (Fsp3) is 0.300. The molecule has 29 heavy (non-hydrogen) atoms. The number of carbonyl (C=O) groups is 1. The largest absolute Gasteiger partial charge is 0.368 e. The molecule has 1 aliphatic heterocycles. The fourth-order valence-corrected chi connectivity index (χ4v) is 3.93. The van der Waals surface area contributed by atoms with Crippen LogP contribution in [0.4, 0.5) is 11.4 Å². The molecule has 0 unspecified atom stereocenters. The average molecular weight is 472 g/mol. The van der Waals surface area contributed by atoms with E-state index in [1.807, 2.05) is 12.1 Å². The van der Waals surface area contributed by atoms with Crippen LogP contribution in [0.15, 0.2) is 36.4 Å². The van der Waals surface area contributed by atoms with Crippen LogP contribution < -0.4 is 15.5 Å². The van der Waals surface area contributed by atoms with Crippen LogP contribution in [0.5, 0.6) is 0 Å². The highest BCUT2D eigenvalue weighted by atomic mass is 35.5. The third kappa shape index (κ3) is 5.74. The Kier molecular flexibility index (Phi) is 7.60. The van der Waals surface area contributed by atoms with Crippen LogP contribution in [0.2, 0.25) is 15.1 Å². The van der Waals surface area contributed by atoms with Crippen molar-refractivity contribution >= 4 is 69.4 Å². The highest BCUT2D eigenvalue weighted by Crippen LogP contribution is 2.29. The average Bonchev–Trinajstić information content (AvgIpc) is 2.70. The number of halogens is 3. The fourth-order valence-electron chi connectivity index (χ4n) is 3.12. The van der Waals surface area contributed by atoms with E-state index >= 15 is 0 Å². The normalized spacial score (nSPS) is 14.6. The van der Waals surface area contributed by atoms with E-state index in [2.05, 4.69) is 27.4 Å². The van der Waals surface area contributed by atoms with Crippen molar-refractivity contribution in [2.45, 2.75) is 6.92 Å². The van der Waals surface area contributed by atoms with Gasteiger partial charge in [-0.15, -0.1) is 0 Å². The molecule has 0 bridgehead atoms. The first kappa shape index (κ1) is 22.1. The second-order valence-electron chi connectivity index (χ2n) is 6.62. The molecular weight excluding hydrogens is 451 g/mol. The van der Waals surface area contributed by atoms with Crippen molar-refractivity contribution in [1.82, 2.24) is 10.2 Å². The van der Waals surface area contributed by atoms with Gasteiger partial charge in [-0.1, -0.05) is 41.7 Å². The minimum atomic E-state index is -0.377. The molecule has 0 saturated carbocycles. The summed E-state index contributed by atoms with van der Waals surface area (Å²) < 4.78 is 0. The van der Waals surface area contributed by atoms with Gasteiger partial charge in [-0.3, -0.25) is 10.1 Å². The lowest BCUT2D eigenvalue weighted by molar-refractivity contribution is 0.0977. The molecule has 0 aromatic heterocycles. The van der Waals surface area contributed by atoms with Gasteiger partial charge < -0.3 is 15.1 Å². The Balaban J connectivity index is 1.60. The van der Waals surface area contributed by atoms with E-state index in [-0.39, 0.29) is 11.0 Å². The topological polar surface area (TPSA) is 47.6 Å². The molecule has 3 rings (SSSR count). The van der Waals surface area contributed by atoms with Crippen molar-refractivity contribution in [3.63, 3.8) is 0 Å². The van der Waals surface area contributed by atoms with Gasteiger partial charge in [0.15, 0.2) is 5.11 Å². The molecule has 0 atom stereocenters. The predicted octanol–water partition coefficient (Wildman–Crippen LogP) is 4.92. The van der Waals surface area contributed by atoms with E-state index in [1.165, 1.54) is 6.07 Å². The molecule has 1 amide bonds. The van der Waals surface area contributed by atoms with Gasteiger partial charge in [-0.05, 0) is 55.2 Å². The number of hydrogen-bond acceptors (Lipinski definition) is 4. The maximum atomic E-state index is 12.3. The van der Waals surface area contributed by atoms with Gasteiger partial charge in [0.2, 0.25) is 0 Å². The van der Waals surface area contributed by atoms with Gasteiger partial charge in [0, 0.05) is 37.4 Å². The van der Waals surface area contributed by atoms with E-state index in [1.54, 1.807) is 18.2 Å². The SMILES string of the molecule is CCN1CCN(c2ccc(NC(=S)NC(=O)c3ccc(Cl)c(Cl)c3)cc2Cl)CC1. The molecule has 9 heteroatoms. The van der Waals surface area contributed by atoms with Crippen molar-refractivity contribution in [3.8, 4) is 0 Å². The van der Waals surface area contributed by atoms with E-state index in [4.69, 9.17) is 47.0 Å². The molecule has 1 aliphatic rings. The van der Waals surface area contributed by atoms with Crippen molar-refractivity contribution < 1.29 is 4.79 Å². The molecule has 2 aromatic carbocycles. The molecule has 1 saturated heterocycles. The standard InChI is InChI=1S/C20H21Cl3N4OS/c1-2-26-7-9-27(10-8-26)18-6-4-14(12-17(18)23)24-20(29)25-19(28)13-3-5-15(21)16(22)11-13/h3-6,11-12H,2,7-10H2,1H3,(H2,24,25,28,29). The molecule has 1 fully saturated rings. The Morgan fingerprint density at radius 3 is 2.34 bits per heavy atom. The summed E-state index contributed by atoms with van der Waals surface area (Å²) in [5.41, 5.74) is 2.06. The second kappa shape index (κ2) is 9.96. The minimum absolute atomic E-state index is 0.168. The molecule has 2 N–H and O–H groups in total. The summed E-state index contributed by atoms with van der Waals surface area (Å²) in [7, 11) is 0. The first-order valence-electron chi connectivity index (χ1n) is 9.21. The summed E-state index contributed by atoms with van der Waals surface area (Å²) in [6.07, 6.45) is 0. The number of thiocarbonyl (C=S) groups is 1. The van der Waals surface area contributed by atoms with E-state index in [0.717, 1.165) is 38.4 Å². The molecule has 0 spiro atoms. The van der Waals surface area contributed by atoms with Crippen molar-refractivity contribution in [3.05, 3.63) is 57.0 Å². The number of rotatable bonds is 4. The van der Waals surface area contributed by atoms with Gasteiger partial charge in [0.05, 0.1) is 20.8 Å². The van der Waals surface area contributed by atoms with Crippen LogP contribution in [0.25, 0.3) is 0 Å². The van der Waals surface area contributed by atoms with E-state index in [0.29, 0.717) is 26.3 Å². The molecule has 2 aromatic rings. The summed E-state index contributed by atoms with van der Waals surface area (Å²) in [6.45, 7) is 7.17. The minimum Gasteiger partial charge on any atom is -0.368 e. The Morgan fingerprint density at radius 2 is 1.72 bits per heavy atom. The second-order valence-corrected chi connectivity index (χ2v) is 8.25. The molecular formula is C20H21Cl3N4OS. The first-order valence-corrected chi connectivity index (χ1v) is 10.8. The molecule has 0 aliphatic carbocycles. The maximum Gasteiger partial charge on any atom is 0.257 e. The van der Waals surface area contributed by atoms with E-state index < -0.39 is 0 Å². The van der Waals surface area contributed by atoms with Gasteiger partial charge in [0.25, 0.3) is 5.91 Å². The number of nitrogens with zero attached hydrogens (tertiary/aromatic N) is 2. The zero-order valence-electron chi connectivity index (χ0n) is 15.8. The van der Waals surface area contributed by atoms with Gasteiger partial charge in [-0.2, -0.15) is 0 Å². The number of hydrogen-bond donors (Lipinski definition) is 2. The maximum absolute atomic E-state index is 12.3.